The molecule has 0 spiro atoms. The number of nitrogens with one attached hydrogen (secondary N) is 3. The van der Waals surface area contributed by atoms with Gasteiger partial charge in [-0.2, -0.15) is 0 Å². The molecule has 196 valence electrons. The van der Waals surface area contributed by atoms with Gasteiger partial charge in [0.05, 0.1) is 6.04 Å². The Labute approximate surface area is 229 Å². The second-order valence-corrected chi connectivity index (χ2v) is 11.4. The van der Waals surface area contributed by atoms with Gasteiger partial charge < -0.3 is 10.1 Å². The lowest BCUT2D eigenvalue weighted by Gasteiger charge is -2.30. The van der Waals surface area contributed by atoms with Gasteiger partial charge in [-0.1, -0.05) is 49.6 Å². The maximum absolute atomic E-state index is 12.8. The number of carbonyl (C=O) groups is 2. The molecule has 6 nitrogen and oxygen atoms in total. The van der Waals surface area contributed by atoms with Crippen molar-refractivity contribution < 1.29 is 14.3 Å². The molecule has 2 amide bonds. The Morgan fingerprint density at radius 1 is 1.06 bits per heavy atom. The number of carbonyl (C=O) groups excluding carboxylic acids is 2. The van der Waals surface area contributed by atoms with Gasteiger partial charge in [-0.05, 0) is 73.9 Å². The average Bonchev–Trinajstić information content (AvgIpc) is 3.44. The van der Waals surface area contributed by atoms with Crippen LogP contribution < -0.4 is 20.1 Å². The number of thioether (sulfide) groups is 1. The zero-order valence-corrected chi connectivity index (χ0v) is 23.1. The first-order chi connectivity index (χ1) is 17.1. The SMILES string of the molecule is C[C@@H](NC(=O)[C@@H]1CSCN1)C(=O)NSC(Cc1ccc(Oc2ccccc2)cc1)C1CCCCC1.Cl. The summed E-state index contributed by atoms with van der Waals surface area (Å²) in [5.74, 6) is 3.46. The van der Waals surface area contributed by atoms with E-state index in [2.05, 4.69) is 27.5 Å². The molecule has 1 saturated heterocycles. The third kappa shape index (κ3) is 8.61. The highest BCUT2D eigenvalue weighted by molar-refractivity contribution is 7.99. The van der Waals surface area contributed by atoms with Crippen LogP contribution in [0.3, 0.4) is 0 Å². The van der Waals surface area contributed by atoms with Crippen molar-refractivity contribution in [3.05, 3.63) is 60.2 Å². The Morgan fingerprint density at radius 2 is 1.75 bits per heavy atom. The van der Waals surface area contributed by atoms with Crippen LogP contribution >= 0.6 is 36.1 Å². The minimum atomic E-state index is -0.566. The number of rotatable bonds is 10. The van der Waals surface area contributed by atoms with E-state index in [0.29, 0.717) is 5.92 Å². The van der Waals surface area contributed by atoms with E-state index in [1.54, 1.807) is 18.7 Å². The molecule has 2 aromatic rings. The lowest BCUT2D eigenvalue weighted by Crippen LogP contribution is -2.50. The van der Waals surface area contributed by atoms with Crippen LogP contribution in [0.2, 0.25) is 0 Å². The summed E-state index contributed by atoms with van der Waals surface area (Å²) >= 11 is 3.22. The average molecular weight is 550 g/mol. The summed E-state index contributed by atoms with van der Waals surface area (Å²) in [5, 5.41) is 6.28. The quantitative estimate of drug-likeness (QED) is 0.348. The van der Waals surface area contributed by atoms with Crippen molar-refractivity contribution in [2.45, 2.75) is 62.8 Å². The van der Waals surface area contributed by atoms with Crippen LogP contribution in [0.25, 0.3) is 0 Å². The standard InChI is InChI=1S/C27H35N3O3S2.ClH/c1-19(29-27(32)24-17-34-18-28-24)26(31)30-35-25(21-8-4-2-5-9-21)16-20-12-14-23(15-13-20)33-22-10-6-3-7-11-22;/h3,6-7,10-15,19,21,24-25,28H,2,4-5,8-9,16-18H2,1H3,(H,29,32)(H,30,31);1H/t19-,24+,25?;/m1./s1. The molecular weight excluding hydrogens is 514 g/mol. The lowest BCUT2D eigenvalue weighted by molar-refractivity contribution is -0.128. The van der Waals surface area contributed by atoms with Crippen LogP contribution in [0.5, 0.6) is 11.5 Å². The molecule has 4 rings (SSSR count). The number of hydrogen-bond donors (Lipinski definition) is 3. The fraction of sp³-hybridized carbons (Fsp3) is 0.481. The van der Waals surface area contributed by atoms with E-state index in [0.717, 1.165) is 29.5 Å². The highest BCUT2D eigenvalue weighted by atomic mass is 35.5. The molecule has 36 heavy (non-hydrogen) atoms. The summed E-state index contributed by atoms with van der Waals surface area (Å²) < 4.78 is 8.98. The van der Waals surface area contributed by atoms with E-state index in [1.807, 2.05) is 42.5 Å². The molecule has 0 bridgehead atoms. The van der Waals surface area contributed by atoms with Crippen LogP contribution in [0.1, 0.15) is 44.6 Å². The summed E-state index contributed by atoms with van der Waals surface area (Å²) in [5.41, 5.74) is 1.23. The van der Waals surface area contributed by atoms with Crippen molar-refractivity contribution in [1.29, 1.82) is 0 Å². The Morgan fingerprint density at radius 3 is 2.42 bits per heavy atom. The first kappa shape index (κ1) is 28.7. The molecule has 1 aliphatic carbocycles. The Kier molecular flexibility index (Phi) is 11.8. The van der Waals surface area contributed by atoms with Gasteiger partial charge in [-0.3, -0.25) is 19.6 Å². The summed E-state index contributed by atoms with van der Waals surface area (Å²) in [6.45, 7) is 1.75. The number of benzene rings is 2. The van der Waals surface area contributed by atoms with Crippen LogP contribution in [0.15, 0.2) is 54.6 Å². The summed E-state index contributed by atoms with van der Waals surface area (Å²) in [4.78, 5) is 25.1. The van der Waals surface area contributed by atoms with Crippen LogP contribution in [0.4, 0.5) is 0 Å². The molecule has 1 heterocycles. The fourth-order valence-corrected chi connectivity index (χ4v) is 6.65. The third-order valence-electron chi connectivity index (χ3n) is 6.61. The van der Waals surface area contributed by atoms with E-state index in [4.69, 9.17) is 4.74 Å². The molecule has 1 saturated carbocycles. The van der Waals surface area contributed by atoms with Crippen molar-refractivity contribution >= 4 is 47.9 Å². The van der Waals surface area contributed by atoms with E-state index in [9.17, 15) is 9.59 Å². The minimum Gasteiger partial charge on any atom is -0.457 e. The van der Waals surface area contributed by atoms with Crippen molar-refractivity contribution in [2.24, 2.45) is 5.92 Å². The second-order valence-electron chi connectivity index (χ2n) is 9.29. The predicted molar refractivity (Wildman–Crippen MR) is 152 cm³/mol. The summed E-state index contributed by atoms with van der Waals surface area (Å²) in [6, 6.07) is 17.2. The molecule has 3 N–H and O–H groups in total. The molecule has 9 heteroatoms. The topological polar surface area (TPSA) is 79.5 Å². The Hall–Kier alpha value is -1.87. The highest BCUT2D eigenvalue weighted by Gasteiger charge is 2.28. The molecule has 1 unspecified atom stereocenters. The van der Waals surface area contributed by atoms with Crippen molar-refractivity contribution in [2.75, 3.05) is 11.6 Å². The van der Waals surface area contributed by atoms with Gasteiger partial charge in [0, 0.05) is 16.9 Å². The number of ether oxygens (including phenoxy) is 1. The largest absolute Gasteiger partial charge is 0.457 e. The van der Waals surface area contributed by atoms with Gasteiger partial charge in [-0.25, -0.2) is 0 Å². The minimum absolute atomic E-state index is 0. The second kappa shape index (κ2) is 14.8. The monoisotopic (exact) mass is 549 g/mol. The van der Waals surface area contributed by atoms with E-state index in [-0.39, 0.29) is 35.5 Å². The maximum Gasteiger partial charge on any atom is 0.252 e. The molecule has 0 aromatic heterocycles. The van der Waals surface area contributed by atoms with Crippen molar-refractivity contribution in [1.82, 2.24) is 15.4 Å². The van der Waals surface area contributed by atoms with Crippen molar-refractivity contribution in [3.63, 3.8) is 0 Å². The zero-order valence-electron chi connectivity index (χ0n) is 20.6. The summed E-state index contributed by atoms with van der Waals surface area (Å²) in [6.07, 6.45) is 7.06. The number of halogens is 1. The van der Waals surface area contributed by atoms with Gasteiger partial charge in [0.15, 0.2) is 0 Å². The van der Waals surface area contributed by atoms with Crippen LogP contribution in [-0.2, 0) is 16.0 Å². The maximum atomic E-state index is 12.8. The molecule has 2 aromatic carbocycles. The predicted octanol–water partition coefficient (Wildman–Crippen LogP) is 5.32. The highest BCUT2D eigenvalue weighted by Crippen LogP contribution is 2.34. The first-order valence-electron chi connectivity index (χ1n) is 12.5. The fourth-order valence-electron chi connectivity index (χ4n) is 4.53. The van der Waals surface area contributed by atoms with E-state index >= 15 is 0 Å². The lowest BCUT2D eigenvalue weighted by atomic mass is 9.85. The zero-order chi connectivity index (χ0) is 24.5. The molecule has 3 atom stereocenters. The van der Waals surface area contributed by atoms with Gasteiger partial charge in [0.2, 0.25) is 5.91 Å². The Balaban J connectivity index is 0.00000361. The van der Waals surface area contributed by atoms with E-state index < -0.39 is 6.04 Å². The smallest absolute Gasteiger partial charge is 0.252 e. The summed E-state index contributed by atoms with van der Waals surface area (Å²) in [7, 11) is 0. The molecule has 0 radical (unpaired) electrons. The number of hydrogen-bond acceptors (Lipinski definition) is 6. The molecular formula is C27H36ClN3O3S2. The number of para-hydroxylation sites is 1. The van der Waals surface area contributed by atoms with Gasteiger partial charge in [0.25, 0.3) is 5.91 Å². The molecule has 2 fully saturated rings. The van der Waals surface area contributed by atoms with E-state index in [1.165, 1.54) is 49.6 Å². The number of amides is 2. The first-order valence-corrected chi connectivity index (χ1v) is 14.5. The van der Waals surface area contributed by atoms with Crippen LogP contribution in [-0.4, -0.2) is 40.8 Å². The molecule has 1 aliphatic heterocycles. The van der Waals surface area contributed by atoms with Gasteiger partial charge >= 0.3 is 0 Å². The third-order valence-corrected chi connectivity index (χ3v) is 8.72. The van der Waals surface area contributed by atoms with Crippen molar-refractivity contribution in [3.8, 4) is 11.5 Å². The normalized spacial score (nSPS) is 19.5. The molecule has 2 aliphatic rings. The Bertz CT molecular complexity index is 952. The van der Waals surface area contributed by atoms with Gasteiger partial charge in [0.1, 0.15) is 17.5 Å². The van der Waals surface area contributed by atoms with Crippen LogP contribution in [0, 0.1) is 5.92 Å². The van der Waals surface area contributed by atoms with Gasteiger partial charge in [-0.15, -0.1) is 24.2 Å².